The van der Waals surface area contributed by atoms with Crippen LogP contribution in [-0.2, 0) is 9.53 Å². The Labute approximate surface area is 167 Å². The topological polar surface area (TPSA) is 189 Å². The number of carboxylic acid groups (broad SMARTS) is 1. The van der Waals surface area contributed by atoms with E-state index in [9.17, 15) is 25.2 Å². The first-order valence-electron chi connectivity index (χ1n) is 7.85. The van der Waals surface area contributed by atoms with E-state index in [4.69, 9.17) is 39.4 Å². The molecule has 0 bridgehead atoms. The Kier molecular flexibility index (Phi) is 5.57. The molecule has 1 aromatic carbocycles. The highest BCUT2D eigenvalue weighted by molar-refractivity contribution is 6.43. The van der Waals surface area contributed by atoms with Crippen LogP contribution in [0.4, 0.5) is 11.8 Å². The molecule has 11 nitrogen and oxygen atoms in total. The highest BCUT2D eigenvalue weighted by Gasteiger charge is 2.50. The molecule has 1 aromatic heterocycles. The number of aliphatic hydroxyl groups is 3. The predicted molar refractivity (Wildman–Crippen MR) is 96.1 cm³/mol. The number of halogens is 2. The minimum absolute atomic E-state index is 0.0324. The smallest absolute Gasteiger partial charge is 0.413 e. The number of anilines is 2. The number of benzene rings is 1. The van der Waals surface area contributed by atoms with Crippen LogP contribution in [0.3, 0.4) is 0 Å². The molecule has 0 radical (unpaired) electrons. The molecule has 3 rings (SSSR count). The summed E-state index contributed by atoms with van der Waals surface area (Å²) in [4.78, 5) is 15.2. The quantitative estimate of drug-likeness (QED) is 0.325. The molecule has 2 heterocycles. The lowest BCUT2D eigenvalue weighted by molar-refractivity contribution is -0.813. The predicted octanol–water partition coefficient (Wildman–Crippen LogP) is -1.03. The molecule has 150 valence electrons. The Balaban J connectivity index is 2.12. The zero-order valence-corrected chi connectivity index (χ0v) is 15.5. The van der Waals surface area contributed by atoms with Gasteiger partial charge in [0.25, 0.3) is 0 Å². The number of nitrogens with two attached hydrogens (primary N) is 2. The lowest BCUT2D eigenvalue weighted by Crippen LogP contribution is -2.65. The number of aliphatic carboxylic acids is 1. The number of carbonyl (C=O) groups is 1. The van der Waals surface area contributed by atoms with Gasteiger partial charge in [-0.3, -0.25) is 5.73 Å². The van der Waals surface area contributed by atoms with Crippen molar-refractivity contribution in [3.63, 3.8) is 0 Å². The van der Waals surface area contributed by atoms with Crippen molar-refractivity contribution in [1.82, 2.24) is 10.1 Å². The van der Waals surface area contributed by atoms with E-state index in [2.05, 4.69) is 10.1 Å². The monoisotopic (exact) mass is 435 g/mol. The summed E-state index contributed by atoms with van der Waals surface area (Å²) < 4.78 is 6.06. The van der Waals surface area contributed by atoms with E-state index >= 15 is 0 Å². The molecular formula is C15H16Cl2N5O6+. The third-order valence-corrected chi connectivity index (χ3v) is 5.02. The van der Waals surface area contributed by atoms with Gasteiger partial charge < -0.3 is 30.9 Å². The summed E-state index contributed by atoms with van der Waals surface area (Å²) in [6, 6.07) is 4.70. The molecule has 1 saturated heterocycles. The number of aromatic nitrogens is 3. The number of nitrogen functional groups attached to an aromatic ring is 2. The summed E-state index contributed by atoms with van der Waals surface area (Å²) in [6.07, 6.45) is -8.89. The second-order valence-electron chi connectivity index (χ2n) is 6.01. The van der Waals surface area contributed by atoms with Crippen LogP contribution in [0.1, 0.15) is 6.23 Å². The zero-order chi connectivity index (χ0) is 20.7. The average molecular weight is 436 g/mol. The lowest BCUT2D eigenvalue weighted by atomic mass is 9.98. The van der Waals surface area contributed by atoms with Gasteiger partial charge in [-0.15, -0.1) is 9.78 Å². The summed E-state index contributed by atoms with van der Waals surface area (Å²) >= 11 is 12.2. The molecule has 13 heteroatoms. The summed E-state index contributed by atoms with van der Waals surface area (Å²) in [5.41, 5.74) is 12.0. The third-order valence-electron chi connectivity index (χ3n) is 4.20. The van der Waals surface area contributed by atoms with Crippen LogP contribution >= 0.6 is 23.2 Å². The largest absolute Gasteiger partial charge is 0.479 e. The minimum Gasteiger partial charge on any atom is -0.479 e. The van der Waals surface area contributed by atoms with E-state index in [1.807, 2.05) is 0 Å². The first-order valence-corrected chi connectivity index (χ1v) is 8.60. The number of aliphatic hydroxyl groups excluding tert-OH is 3. The van der Waals surface area contributed by atoms with Crippen molar-refractivity contribution >= 4 is 40.9 Å². The molecule has 0 saturated carbocycles. The number of hydrogen-bond acceptors (Lipinski definition) is 9. The van der Waals surface area contributed by atoms with E-state index in [0.717, 1.165) is 4.68 Å². The van der Waals surface area contributed by atoms with Gasteiger partial charge in [0.15, 0.2) is 11.8 Å². The molecule has 2 aromatic rings. The number of ether oxygens (including phenoxy) is 1. The van der Waals surface area contributed by atoms with Gasteiger partial charge in [-0.05, 0) is 11.1 Å². The first kappa shape index (κ1) is 20.5. The first-order chi connectivity index (χ1) is 13.1. The standard InChI is InChI=1S/C15H15Cl2N5O6/c16-5-3-1-2-4(6(5)17)7-12(18)20-15(19)22(21-7)13-10(25)8(23)9(24)11(28-13)14(26)27/h1-3,8-11,13,23-25H,(H4,18,19,20,26,27)/p+1/i7+1,12+1,15+1. The maximum Gasteiger partial charge on any atom is 0.413 e. The Bertz CT molecular complexity index is 932. The zero-order valence-electron chi connectivity index (χ0n) is 14.0. The van der Waals surface area contributed by atoms with E-state index in [0.29, 0.717) is 5.56 Å². The molecule has 5 atom stereocenters. The van der Waals surface area contributed by atoms with Crippen LogP contribution in [0.15, 0.2) is 18.2 Å². The van der Waals surface area contributed by atoms with Gasteiger partial charge in [0.1, 0.15) is 18.3 Å². The van der Waals surface area contributed by atoms with E-state index in [1.54, 1.807) is 18.2 Å². The number of rotatable bonds is 3. The van der Waals surface area contributed by atoms with Gasteiger partial charge in [-0.1, -0.05) is 35.3 Å². The van der Waals surface area contributed by atoms with Gasteiger partial charge in [-0.2, -0.15) is 0 Å². The van der Waals surface area contributed by atoms with Crippen molar-refractivity contribution in [3.05, 3.63) is 28.2 Å². The molecule has 1 aliphatic rings. The fourth-order valence-electron chi connectivity index (χ4n) is 2.77. The molecule has 0 amide bonds. The van der Waals surface area contributed by atoms with Crippen LogP contribution in [0.5, 0.6) is 0 Å². The van der Waals surface area contributed by atoms with Gasteiger partial charge in [0.05, 0.1) is 10.0 Å². The number of nitrogens with zero attached hydrogens (tertiary/aromatic N) is 3. The SMILES string of the molecule is N[13c]1n[13c](N)[n+](C2OC(C(=O)O)C(O)C(O)C2O)n[13c]1-c1cccc(Cl)c1Cl. The average Bonchev–Trinajstić information content (AvgIpc) is 2.63. The van der Waals surface area contributed by atoms with Crippen LogP contribution in [-0.4, -0.2) is 60.9 Å². The molecule has 0 aliphatic carbocycles. The van der Waals surface area contributed by atoms with Crippen molar-refractivity contribution in [2.24, 2.45) is 0 Å². The maximum absolute atomic E-state index is 11.3. The van der Waals surface area contributed by atoms with Crippen LogP contribution in [0.25, 0.3) is 11.3 Å². The Morgan fingerprint density at radius 1 is 1.14 bits per heavy atom. The third kappa shape index (κ3) is 3.43. The number of hydrogen-bond donors (Lipinski definition) is 6. The lowest BCUT2D eigenvalue weighted by Gasteiger charge is -2.37. The van der Waals surface area contributed by atoms with Gasteiger partial charge >= 0.3 is 11.9 Å². The maximum atomic E-state index is 11.3. The van der Waals surface area contributed by atoms with Gasteiger partial charge in [0.2, 0.25) is 12.0 Å². The highest BCUT2D eigenvalue weighted by Crippen LogP contribution is 2.34. The van der Waals surface area contributed by atoms with Crippen molar-refractivity contribution < 1.29 is 34.6 Å². The fourth-order valence-corrected chi connectivity index (χ4v) is 3.16. The molecular weight excluding hydrogens is 420 g/mol. The summed E-state index contributed by atoms with van der Waals surface area (Å²) in [5.74, 6) is -2.00. The molecule has 0 spiro atoms. The van der Waals surface area contributed by atoms with Crippen molar-refractivity contribution in [3.8, 4) is 11.3 Å². The van der Waals surface area contributed by atoms with Crippen molar-refractivity contribution in [1.29, 1.82) is 0 Å². The van der Waals surface area contributed by atoms with Crippen LogP contribution in [0, 0.1) is 0 Å². The van der Waals surface area contributed by atoms with Crippen LogP contribution < -0.4 is 16.1 Å². The number of carboxylic acids is 1. The van der Waals surface area contributed by atoms with E-state index < -0.39 is 36.6 Å². The molecule has 5 unspecified atom stereocenters. The summed E-state index contributed by atoms with van der Waals surface area (Å²) in [6.45, 7) is 0. The Morgan fingerprint density at radius 3 is 2.46 bits per heavy atom. The van der Waals surface area contributed by atoms with Crippen LogP contribution in [0.2, 0.25) is 10.0 Å². The highest BCUT2D eigenvalue weighted by atomic mass is 35.5. The van der Waals surface area contributed by atoms with Gasteiger partial charge in [-0.25, -0.2) is 4.79 Å². The summed E-state index contributed by atoms with van der Waals surface area (Å²) in [7, 11) is 0. The Hall–Kier alpha value is -2.28. The fraction of sp³-hybridized carbons (Fsp3) is 0.333. The Morgan fingerprint density at radius 2 is 1.82 bits per heavy atom. The van der Waals surface area contributed by atoms with Crippen molar-refractivity contribution in [2.75, 3.05) is 11.5 Å². The molecule has 8 N–H and O–H groups in total. The van der Waals surface area contributed by atoms with Crippen molar-refractivity contribution in [2.45, 2.75) is 30.6 Å². The second kappa shape index (κ2) is 7.62. The summed E-state index contributed by atoms with van der Waals surface area (Å²) in [5, 5.41) is 43.8. The molecule has 1 aliphatic heterocycles. The normalized spacial score (nSPS) is 27.5. The van der Waals surface area contributed by atoms with E-state index in [-0.39, 0.29) is 27.5 Å². The van der Waals surface area contributed by atoms with Gasteiger partial charge in [0, 0.05) is 5.56 Å². The van der Waals surface area contributed by atoms with E-state index in [1.165, 1.54) is 0 Å². The molecule has 1 fully saturated rings. The molecule has 28 heavy (non-hydrogen) atoms. The minimum atomic E-state index is -1.87. The second-order valence-corrected chi connectivity index (χ2v) is 6.79.